The molecule has 1 heterocycles. The molecule has 1 atom stereocenters. The molecule has 0 radical (unpaired) electrons. The maximum Gasteiger partial charge on any atom is 0.131 e. The molecule has 70 valence electrons. The third-order valence-corrected chi connectivity index (χ3v) is 3.16. The van der Waals surface area contributed by atoms with Gasteiger partial charge in [0.05, 0.1) is 5.37 Å². The molecule has 0 amide bonds. The van der Waals surface area contributed by atoms with Gasteiger partial charge >= 0.3 is 0 Å². The van der Waals surface area contributed by atoms with E-state index >= 15 is 0 Å². The van der Waals surface area contributed by atoms with E-state index in [0.717, 1.165) is 18.4 Å². The minimum absolute atomic E-state index is 0.0133. The van der Waals surface area contributed by atoms with Crippen LogP contribution >= 0.6 is 11.8 Å². The first-order valence-corrected chi connectivity index (χ1v) is 5.12. The first-order chi connectivity index (χ1) is 6.27. The van der Waals surface area contributed by atoms with E-state index in [2.05, 4.69) is 5.32 Å². The van der Waals surface area contributed by atoms with E-state index in [1.165, 1.54) is 12.1 Å². The van der Waals surface area contributed by atoms with E-state index in [0.29, 0.717) is 5.56 Å². The van der Waals surface area contributed by atoms with Gasteiger partial charge < -0.3 is 5.32 Å². The Labute approximate surface area is 79.5 Å². The van der Waals surface area contributed by atoms with E-state index in [-0.39, 0.29) is 5.37 Å². The molecule has 0 bridgehead atoms. The second-order valence-electron chi connectivity index (χ2n) is 2.87. The SMILES string of the molecule is Fc1ccc(C2NCCS2)c(F)c1. The van der Waals surface area contributed by atoms with Gasteiger partial charge in [-0.05, 0) is 6.07 Å². The van der Waals surface area contributed by atoms with Crippen molar-refractivity contribution < 1.29 is 8.78 Å². The van der Waals surface area contributed by atoms with Crippen molar-refractivity contribution >= 4 is 11.8 Å². The van der Waals surface area contributed by atoms with Gasteiger partial charge in [-0.1, -0.05) is 6.07 Å². The maximum absolute atomic E-state index is 13.2. The van der Waals surface area contributed by atoms with E-state index in [1.54, 1.807) is 11.8 Å². The molecular formula is C9H9F2NS. The molecule has 1 aliphatic heterocycles. The lowest BCUT2D eigenvalue weighted by atomic mass is 10.2. The monoisotopic (exact) mass is 201 g/mol. The molecule has 1 aromatic rings. The summed E-state index contributed by atoms with van der Waals surface area (Å²) in [5, 5.41) is 3.12. The highest BCUT2D eigenvalue weighted by Gasteiger charge is 2.19. The number of hydrogen-bond donors (Lipinski definition) is 1. The Balaban J connectivity index is 2.29. The van der Waals surface area contributed by atoms with E-state index in [1.807, 2.05) is 0 Å². The number of thioether (sulfide) groups is 1. The normalized spacial score (nSPS) is 22.2. The molecule has 0 aromatic heterocycles. The molecule has 13 heavy (non-hydrogen) atoms. The number of hydrogen-bond acceptors (Lipinski definition) is 2. The average Bonchev–Trinajstić information content (AvgIpc) is 2.56. The minimum Gasteiger partial charge on any atom is -0.301 e. The Bertz CT molecular complexity index is 310. The van der Waals surface area contributed by atoms with Crippen molar-refractivity contribution in [2.45, 2.75) is 5.37 Å². The standard InChI is InChI=1S/C9H9F2NS/c10-6-1-2-7(8(11)5-6)9-12-3-4-13-9/h1-2,5,9,12H,3-4H2. The Morgan fingerprint density at radius 3 is 2.85 bits per heavy atom. The molecule has 1 aliphatic rings. The lowest BCUT2D eigenvalue weighted by Crippen LogP contribution is -2.13. The summed E-state index contributed by atoms with van der Waals surface area (Å²) in [5.41, 5.74) is 0.545. The third kappa shape index (κ3) is 1.84. The largest absolute Gasteiger partial charge is 0.301 e. The van der Waals surface area contributed by atoms with Crippen LogP contribution in [0.5, 0.6) is 0 Å². The second-order valence-corrected chi connectivity index (χ2v) is 4.08. The van der Waals surface area contributed by atoms with Gasteiger partial charge in [-0.25, -0.2) is 8.78 Å². The van der Waals surface area contributed by atoms with Crippen molar-refractivity contribution in [3.63, 3.8) is 0 Å². The van der Waals surface area contributed by atoms with Crippen LogP contribution in [0.25, 0.3) is 0 Å². The smallest absolute Gasteiger partial charge is 0.131 e. The minimum atomic E-state index is -0.524. The van der Waals surface area contributed by atoms with Crippen molar-refractivity contribution in [1.29, 1.82) is 0 Å². The van der Waals surface area contributed by atoms with Crippen molar-refractivity contribution in [1.82, 2.24) is 5.32 Å². The van der Waals surface area contributed by atoms with Crippen LogP contribution in [-0.4, -0.2) is 12.3 Å². The van der Waals surface area contributed by atoms with Crippen molar-refractivity contribution in [3.8, 4) is 0 Å². The summed E-state index contributed by atoms with van der Waals surface area (Å²) < 4.78 is 25.8. The van der Waals surface area contributed by atoms with E-state index in [4.69, 9.17) is 0 Å². The summed E-state index contributed by atoms with van der Waals surface area (Å²) in [7, 11) is 0. The van der Waals surface area contributed by atoms with Gasteiger partial charge in [0.25, 0.3) is 0 Å². The number of benzene rings is 1. The summed E-state index contributed by atoms with van der Waals surface area (Å²) in [6, 6.07) is 3.72. The summed E-state index contributed by atoms with van der Waals surface area (Å²) in [6.07, 6.45) is 0. The van der Waals surface area contributed by atoms with Crippen LogP contribution in [0.4, 0.5) is 8.78 Å². The predicted octanol–water partition coefficient (Wildman–Crippen LogP) is 2.30. The highest BCUT2D eigenvalue weighted by molar-refractivity contribution is 7.99. The molecule has 1 nitrogen and oxygen atoms in total. The fourth-order valence-corrected chi connectivity index (χ4v) is 2.42. The van der Waals surface area contributed by atoms with Crippen LogP contribution < -0.4 is 5.32 Å². The van der Waals surface area contributed by atoms with Crippen LogP contribution in [0.2, 0.25) is 0 Å². The molecular weight excluding hydrogens is 192 g/mol. The Morgan fingerprint density at radius 2 is 2.23 bits per heavy atom. The van der Waals surface area contributed by atoms with Gasteiger partial charge in [-0.3, -0.25) is 0 Å². The first kappa shape index (κ1) is 8.97. The molecule has 0 aliphatic carbocycles. The Morgan fingerprint density at radius 1 is 1.38 bits per heavy atom. The van der Waals surface area contributed by atoms with Crippen molar-refractivity contribution in [3.05, 3.63) is 35.4 Å². The highest BCUT2D eigenvalue weighted by atomic mass is 32.2. The molecule has 2 rings (SSSR count). The van der Waals surface area contributed by atoms with Gasteiger partial charge in [0.15, 0.2) is 0 Å². The number of halogens is 2. The lowest BCUT2D eigenvalue weighted by Gasteiger charge is -2.10. The maximum atomic E-state index is 13.2. The van der Waals surface area contributed by atoms with Crippen LogP contribution in [0, 0.1) is 11.6 Å². The summed E-state index contributed by atoms with van der Waals surface area (Å²) in [4.78, 5) is 0. The molecule has 1 N–H and O–H groups in total. The summed E-state index contributed by atoms with van der Waals surface area (Å²) in [6.45, 7) is 0.881. The zero-order valence-electron chi connectivity index (χ0n) is 6.89. The molecule has 1 aromatic carbocycles. The van der Waals surface area contributed by atoms with Gasteiger partial charge in [0, 0.05) is 23.9 Å². The average molecular weight is 201 g/mol. The van der Waals surface area contributed by atoms with Gasteiger partial charge in [-0.15, -0.1) is 11.8 Å². The molecule has 0 spiro atoms. The number of nitrogens with one attached hydrogen (secondary N) is 1. The van der Waals surface area contributed by atoms with Crippen LogP contribution in [-0.2, 0) is 0 Å². The zero-order valence-corrected chi connectivity index (χ0v) is 7.70. The Hall–Kier alpha value is -0.610. The first-order valence-electron chi connectivity index (χ1n) is 4.07. The Kier molecular flexibility index (Phi) is 2.51. The van der Waals surface area contributed by atoms with Crippen LogP contribution in [0.3, 0.4) is 0 Å². The second kappa shape index (κ2) is 3.64. The van der Waals surface area contributed by atoms with Gasteiger partial charge in [0.2, 0.25) is 0 Å². The lowest BCUT2D eigenvalue weighted by molar-refractivity contribution is 0.564. The molecule has 1 unspecified atom stereocenters. The molecule has 0 saturated carbocycles. The van der Waals surface area contributed by atoms with Crippen molar-refractivity contribution in [2.24, 2.45) is 0 Å². The number of rotatable bonds is 1. The van der Waals surface area contributed by atoms with Crippen LogP contribution in [0.15, 0.2) is 18.2 Å². The topological polar surface area (TPSA) is 12.0 Å². The molecule has 1 saturated heterocycles. The zero-order chi connectivity index (χ0) is 9.26. The van der Waals surface area contributed by atoms with Crippen LogP contribution in [0.1, 0.15) is 10.9 Å². The summed E-state index contributed by atoms with van der Waals surface area (Å²) >= 11 is 1.64. The van der Waals surface area contributed by atoms with E-state index in [9.17, 15) is 8.78 Å². The highest BCUT2D eigenvalue weighted by Crippen LogP contribution is 2.31. The fourth-order valence-electron chi connectivity index (χ4n) is 1.34. The summed E-state index contributed by atoms with van der Waals surface area (Å²) in [5.74, 6) is -0.0160. The van der Waals surface area contributed by atoms with Crippen molar-refractivity contribution in [2.75, 3.05) is 12.3 Å². The molecule has 1 fully saturated rings. The fraction of sp³-hybridized carbons (Fsp3) is 0.333. The van der Waals surface area contributed by atoms with Gasteiger partial charge in [0.1, 0.15) is 11.6 Å². The predicted molar refractivity (Wildman–Crippen MR) is 49.6 cm³/mol. The molecule has 4 heteroatoms. The third-order valence-electron chi connectivity index (χ3n) is 1.96. The quantitative estimate of drug-likeness (QED) is 0.748. The van der Waals surface area contributed by atoms with E-state index < -0.39 is 11.6 Å². The van der Waals surface area contributed by atoms with Gasteiger partial charge in [-0.2, -0.15) is 0 Å².